The third kappa shape index (κ3) is 4.54. The highest BCUT2D eigenvalue weighted by Gasteiger charge is 2.27. The van der Waals surface area contributed by atoms with E-state index < -0.39 is 0 Å². The summed E-state index contributed by atoms with van der Waals surface area (Å²) in [7, 11) is 1.41. The van der Waals surface area contributed by atoms with Gasteiger partial charge in [0.2, 0.25) is 5.91 Å². The van der Waals surface area contributed by atoms with Crippen LogP contribution < -0.4 is 0 Å². The molecular formula is C15H22N2O3S. The average molecular weight is 310 g/mol. The summed E-state index contributed by atoms with van der Waals surface area (Å²) in [6.07, 6.45) is 0.899. The number of amides is 1. The summed E-state index contributed by atoms with van der Waals surface area (Å²) in [6, 6.07) is 4.16. The lowest BCUT2D eigenvalue weighted by Crippen LogP contribution is -2.54. The molecule has 0 saturated carbocycles. The van der Waals surface area contributed by atoms with Crippen molar-refractivity contribution in [3.8, 4) is 0 Å². The first-order valence-electron chi connectivity index (χ1n) is 7.21. The molecule has 1 amide bonds. The van der Waals surface area contributed by atoms with Gasteiger partial charge >= 0.3 is 5.97 Å². The molecule has 1 atom stereocenters. The number of rotatable bonds is 5. The molecule has 2 rings (SSSR count). The van der Waals surface area contributed by atoms with Crippen LogP contribution in [0, 0.1) is 0 Å². The first-order valence-corrected chi connectivity index (χ1v) is 8.09. The number of carbonyl (C=O) groups excluding carboxylic acids is 2. The summed E-state index contributed by atoms with van der Waals surface area (Å²) in [5.74, 6) is 0.0106. The summed E-state index contributed by atoms with van der Waals surface area (Å²) in [6.45, 7) is 5.12. The molecule has 0 radical (unpaired) electrons. The summed E-state index contributed by atoms with van der Waals surface area (Å²) in [5, 5.41) is 2.00. The first kappa shape index (κ1) is 16.0. The van der Waals surface area contributed by atoms with Gasteiger partial charge in [-0.3, -0.25) is 14.5 Å². The van der Waals surface area contributed by atoms with E-state index in [4.69, 9.17) is 0 Å². The normalized spacial score (nSPS) is 19.5. The molecule has 1 aromatic heterocycles. The van der Waals surface area contributed by atoms with Crippen molar-refractivity contribution in [2.45, 2.75) is 25.8 Å². The van der Waals surface area contributed by atoms with Gasteiger partial charge in [-0.15, -0.1) is 11.3 Å². The molecule has 1 aliphatic rings. The van der Waals surface area contributed by atoms with Crippen molar-refractivity contribution in [2.75, 3.05) is 33.3 Å². The third-order valence-corrected chi connectivity index (χ3v) is 4.67. The second-order valence-corrected chi connectivity index (χ2v) is 6.35. The Hall–Kier alpha value is -1.40. The first-order chi connectivity index (χ1) is 10.1. The van der Waals surface area contributed by atoms with Crippen LogP contribution in [-0.2, 0) is 20.7 Å². The number of esters is 1. The molecule has 0 aromatic carbocycles. The predicted octanol–water partition coefficient (Wildman–Crippen LogP) is 1.39. The fourth-order valence-electron chi connectivity index (χ4n) is 2.62. The highest BCUT2D eigenvalue weighted by molar-refractivity contribution is 7.10. The van der Waals surface area contributed by atoms with Crippen molar-refractivity contribution in [1.29, 1.82) is 0 Å². The molecule has 21 heavy (non-hydrogen) atoms. The lowest BCUT2D eigenvalue weighted by Gasteiger charge is -2.39. The summed E-state index contributed by atoms with van der Waals surface area (Å²) in [4.78, 5) is 28.8. The van der Waals surface area contributed by atoms with Crippen LogP contribution in [-0.4, -0.2) is 61.0 Å². The summed E-state index contributed by atoms with van der Waals surface area (Å²) >= 11 is 1.62. The standard InChI is InChI=1S/C15H22N2O3S/c1-12-11-16(6-5-15(19)20-2)7-8-17(12)14(18)10-13-4-3-9-21-13/h3-4,9,12H,5-8,10-11H2,1-2H3/t12-/m1/s1. The fourth-order valence-corrected chi connectivity index (χ4v) is 3.32. The van der Waals surface area contributed by atoms with Crippen molar-refractivity contribution >= 4 is 23.2 Å². The highest BCUT2D eigenvalue weighted by atomic mass is 32.1. The van der Waals surface area contributed by atoms with Gasteiger partial charge < -0.3 is 9.64 Å². The van der Waals surface area contributed by atoms with E-state index in [0.717, 1.165) is 24.5 Å². The molecule has 1 saturated heterocycles. The summed E-state index contributed by atoms with van der Waals surface area (Å²) < 4.78 is 4.66. The fraction of sp³-hybridized carbons (Fsp3) is 0.600. The van der Waals surface area contributed by atoms with Crippen molar-refractivity contribution in [3.63, 3.8) is 0 Å². The maximum absolute atomic E-state index is 12.3. The number of methoxy groups -OCH3 is 1. The Morgan fingerprint density at radius 1 is 1.43 bits per heavy atom. The van der Waals surface area contributed by atoms with Crippen LogP contribution in [0.5, 0.6) is 0 Å². The molecule has 0 bridgehead atoms. The van der Waals surface area contributed by atoms with Gasteiger partial charge in [0.25, 0.3) is 0 Å². The quantitative estimate of drug-likeness (QED) is 0.771. The number of thiophene rings is 1. The molecule has 0 N–H and O–H groups in total. The molecule has 1 fully saturated rings. The third-order valence-electron chi connectivity index (χ3n) is 3.80. The predicted molar refractivity (Wildman–Crippen MR) is 82.3 cm³/mol. The van der Waals surface area contributed by atoms with Gasteiger partial charge in [-0.05, 0) is 18.4 Å². The molecule has 1 aromatic rings. The lowest BCUT2D eigenvalue weighted by molar-refractivity contribution is -0.142. The zero-order valence-corrected chi connectivity index (χ0v) is 13.4. The molecule has 0 aliphatic carbocycles. The largest absolute Gasteiger partial charge is 0.469 e. The minimum Gasteiger partial charge on any atom is -0.469 e. The number of ether oxygens (including phenoxy) is 1. The minimum absolute atomic E-state index is 0.182. The highest BCUT2D eigenvalue weighted by Crippen LogP contribution is 2.15. The molecule has 6 heteroatoms. The molecule has 2 heterocycles. The maximum atomic E-state index is 12.3. The Kier molecular flexibility index (Phi) is 5.76. The van der Waals surface area contributed by atoms with Gasteiger partial charge in [0.05, 0.1) is 20.0 Å². The Balaban J connectivity index is 1.80. The Bertz CT molecular complexity index is 475. The van der Waals surface area contributed by atoms with E-state index in [9.17, 15) is 9.59 Å². The van der Waals surface area contributed by atoms with Crippen LogP contribution in [0.3, 0.4) is 0 Å². The number of hydrogen-bond acceptors (Lipinski definition) is 5. The van der Waals surface area contributed by atoms with Gasteiger partial charge in [-0.25, -0.2) is 0 Å². The number of nitrogens with zero attached hydrogens (tertiary/aromatic N) is 2. The van der Waals surface area contributed by atoms with E-state index in [1.54, 1.807) is 11.3 Å². The van der Waals surface area contributed by atoms with Crippen LogP contribution >= 0.6 is 11.3 Å². The van der Waals surface area contributed by atoms with Gasteiger partial charge in [0.1, 0.15) is 0 Å². The van der Waals surface area contributed by atoms with Crippen molar-refractivity contribution in [3.05, 3.63) is 22.4 Å². The van der Waals surface area contributed by atoms with E-state index in [-0.39, 0.29) is 17.9 Å². The van der Waals surface area contributed by atoms with E-state index in [1.807, 2.05) is 22.4 Å². The molecule has 5 nitrogen and oxygen atoms in total. The van der Waals surface area contributed by atoms with E-state index in [0.29, 0.717) is 19.4 Å². The van der Waals surface area contributed by atoms with Crippen molar-refractivity contribution < 1.29 is 14.3 Å². The average Bonchev–Trinajstić information content (AvgIpc) is 2.97. The van der Waals surface area contributed by atoms with Gasteiger partial charge in [0.15, 0.2) is 0 Å². The van der Waals surface area contributed by atoms with Crippen LogP contribution in [0.15, 0.2) is 17.5 Å². The van der Waals surface area contributed by atoms with Crippen molar-refractivity contribution in [1.82, 2.24) is 9.80 Å². The zero-order chi connectivity index (χ0) is 15.2. The Labute approximate surface area is 129 Å². The molecular weight excluding hydrogens is 288 g/mol. The lowest BCUT2D eigenvalue weighted by atomic mass is 10.1. The van der Waals surface area contributed by atoms with Gasteiger partial charge in [0, 0.05) is 37.1 Å². The maximum Gasteiger partial charge on any atom is 0.306 e. The second-order valence-electron chi connectivity index (χ2n) is 5.32. The molecule has 1 aliphatic heterocycles. The molecule has 0 spiro atoms. The van der Waals surface area contributed by atoms with Crippen LogP contribution in [0.2, 0.25) is 0 Å². The Morgan fingerprint density at radius 2 is 2.24 bits per heavy atom. The minimum atomic E-state index is -0.182. The second kappa shape index (κ2) is 7.56. The number of hydrogen-bond donors (Lipinski definition) is 0. The van der Waals surface area contributed by atoms with Gasteiger partial charge in [-0.1, -0.05) is 6.07 Å². The number of carbonyl (C=O) groups is 2. The van der Waals surface area contributed by atoms with Crippen molar-refractivity contribution in [2.24, 2.45) is 0 Å². The number of piperazine rings is 1. The summed E-state index contributed by atoms with van der Waals surface area (Å²) in [5.41, 5.74) is 0. The van der Waals surface area contributed by atoms with E-state index >= 15 is 0 Å². The van der Waals surface area contributed by atoms with E-state index in [2.05, 4.69) is 16.6 Å². The zero-order valence-electron chi connectivity index (χ0n) is 12.6. The molecule has 0 unspecified atom stereocenters. The van der Waals surface area contributed by atoms with Gasteiger partial charge in [-0.2, -0.15) is 0 Å². The van der Waals surface area contributed by atoms with Crippen LogP contribution in [0.4, 0.5) is 0 Å². The van der Waals surface area contributed by atoms with E-state index in [1.165, 1.54) is 7.11 Å². The Morgan fingerprint density at radius 3 is 2.86 bits per heavy atom. The topological polar surface area (TPSA) is 49.9 Å². The van der Waals surface area contributed by atoms with Crippen LogP contribution in [0.1, 0.15) is 18.2 Å². The van der Waals surface area contributed by atoms with Crippen LogP contribution in [0.25, 0.3) is 0 Å². The molecule has 116 valence electrons. The smallest absolute Gasteiger partial charge is 0.306 e. The monoisotopic (exact) mass is 310 g/mol. The SMILES string of the molecule is COC(=O)CCN1CCN(C(=O)Cc2cccs2)[C@H](C)C1.